The number of nitrogens with zero attached hydrogens (tertiary/aromatic N) is 7. The average Bonchev–Trinajstić information content (AvgIpc) is 3.39. The first-order valence-electron chi connectivity index (χ1n) is 9.59. The number of fused-ring (bicyclic) bond motifs is 1. The number of pyridine rings is 1. The Balaban J connectivity index is 1.76. The minimum atomic E-state index is 0.240. The minimum Gasteiger partial charge on any atom is -0.377 e. The van der Waals surface area contributed by atoms with Crippen LogP contribution in [-0.4, -0.2) is 60.1 Å². The van der Waals surface area contributed by atoms with E-state index in [4.69, 9.17) is 14.1 Å². The summed E-state index contributed by atoms with van der Waals surface area (Å²) in [4.78, 5) is 11.8. The van der Waals surface area contributed by atoms with E-state index in [1.165, 1.54) is 11.5 Å². The molecule has 1 aliphatic heterocycles. The summed E-state index contributed by atoms with van der Waals surface area (Å²) in [6.45, 7) is 10.1. The topological polar surface area (TPSA) is 97.6 Å². The molecule has 4 aromatic rings. The van der Waals surface area contributed by atoms with Gasteiger partial charge in [0.25, 0.3) is 0 Å². The van der Waals surface area contributed by atoms with Gasteiger partial charge in [0.1, 0.15) is 33.4 Å². The summed E-state index contributed by atoms with van der Waals surface area (Å²) in [5.41, 5.74) is 4.39. The predicted octanol–water partition coefficient (Wildman–Crippen LogP) is 2.81. The van der Waals surface area contributed by atoms with E-state index in [0.717, 1.165) is 57.0 Å². The lowest BCUT2D eigenvalue weighted by Gasteiger charge is -2.34. The molecule has 0 radical (unpaired) electrons. The summed E-state index contributed by atoms with van der Waals surface area (Å²) in [7, 11) is 0. The Morgan fingerprint density at radius 3 is 2.76 bits per heavy atom. The summed E-state index contributed by atoms with van der Waals surface area (Å²) in [5.74, 6) is 2.47. The van der Waals surface area contributed by atoms with Crippen LogP contribution in [0.5, 0.6) is 0 Å². The van der Waals surface area contributed by atoms with Crippen LogP contribution in [0.2, 0.25) is 0 Å². The van der Waals surface area contributed by atoms with Gasteiger partial charge >= 0.3 is 0 Å². The van der Waals surface area contributed by atoms with Crippen LogP contribution < -0.4 is 4.90 Å². The van der Waals surface area contributed by atoms with Crippen LogP contribution in [-0.2, 0) is 4.74 Å². The van der Waals surface area contributed by atoms with Crippen LogP contribution in [0.1, 0.15) is 24.3 Å². The van der Waals surface area contributed by atoms with Crippen molar-refractivity contribution in [2.45, 2.75) is 33.7 Å². The van der Waals surface area contributed by atoms with E-state index in [0.29, 0.717) is 13.2 Å². The first-order chi connectivity index (χ1) is 14.0. The van der Waals surface area contributed by atoms with E-state index in [2.05, 4.69) is 38.2 Å². The van der Waals surface area contributed by atoms with Crippen molar-refractivity contribution in [1.29, 1.82) is 0 Å². The Morgan fingerprint density at radius 2 is 2.07 bits per heavy atom. The molecule has 0 bridgehead atoms. The molecule has 9 nitrogen and oxygen atoms in total. The maximum atomic E-state index is 5.62. The molecule has 1 atom stereocenters. The van der Waals surface area contributed by atoms with Crippen molar-refractivity contribution in [3.05, 3.63) is 29.5 Å². The van der Waals surface area contributed by atoms with Crippen LogP contribution in [0, 0.1) is 20.8 Å². The zero-order chi connectivity index (χ0) is 20.1. The van der Waals surface area contributed by atoms with Crippen molar-refractivity contribution in [2.24, 2.45) is 0 Å². The maximum absolute atomic E-state index is 5.62. The zero-order valence-corrected chi connectivity index (χ0v) is 17.6. The summed E-state index contributed by atoms with van der Waals surface area (Å²) < 4.78 is 13.2. The molecule has 1 aliphatic rings. The summed E-state index contributed by atoms with van der Waals surface area (Å²) in [6.07, 6.45) is 0. The van der Waals surface area contributed by atoms with Gasteiger partial charge in [-0.2, -0.15) is 14.6 Å². The molecule has 0 aromatic carbocycles. The predicted molar refractivity (Wildman–Crippen MR) is 112 cm³/mol. The molecule has 1 saturated heterocycles. The number of H-pyrrole nitrogens is 1. The SMILES string of the molecule is Cc1cc(-c2nsc3c(-n4nc(C)nc4C)cc(N4CCOC[C@H]4C)nc23)[nH]n1. The van der Waals surface area contributed by atoms with Crippen LogP contribution in [0.3, 0.4) is 0 Å². The number of nitrogens with one attached hydrogen (secondary N) is 1. The van der Waals surface area contributed by atoms with Crippen molar-refractivity contribution >= 4 is 27.6 Å². The highest BCUT2D eigenvalue weighted by molar-refractivity contribution is 7.14. The standard InChI is InChI=1S/C19H22N8OS/c1-10-7-14(23-22-10)17-18-19(29-25-17)15(27-13(4)20-12(3)24-27)8-16(21-18)26-5-6-28-9-11(26)2/h7-8,11H,5-6,9H2,1-4H3,(H,22,23)/t11-/m1/s1. The van der Waals surface area contributed by atoms with Crippen LogP contribution in [0.25, 0.3) is 27.3 Å². The molecule has 4 aromatic heterocycles. The number of hydrogen-bond acceptors (Lipinski definition) is 8. The van der Waals surface area contributed by atoms with Crippen molar-refractivity contribution in [1.82, 2.24) is 34.3 Å². The molecule has 0 saturated carbocycles. The van der Waals surface area contributed by atoms with Gasteiger partial charge in [-0.1, -0.05) is 0 Å². The molecule has 0 unspecified atom stereocenters. The van der Waals surface area contributed by atoms with Crippen molar-refractivity contribution in [3.8, 4) is 17.1 Å². The van der Waals surface area contributed by atoms with E-state index in [1.54, 1.807) is 0 Å². The van der Waals surface area contributed by atoms with E-state index in [9.17, 15) is 0 Å². The number of morpholine rings is 1. The van der Waals surface area contributed by atoms with E-state index >= 15 is 0 Å². The van der Waals surface area contributed by atoms with Gasteiger partial charge in [0.2, 0.25) is 0 Å². The number of ether oxygens (including phenoxy) is 1. The lowest BCUT2D eigenvalue weighted by atomic mass is 10.2. The maximum Gasteiger partial charge on any atom is 0.148 e. The number of hydrogen-bond donors (Lipinski definition) is 1. The van der Waals surface area contributed by atoms with Crippen molar-refractivity contribution in [3.63, 3.8) is 0 Å². The molecular formula is C19H22N8OS. The number of aromatic amines is 1. The molecule has 1 fully saturated rings. The molecule has 10 heteroatoms. The van der Waals surface area contributed by atoms with Gasteiger partial charge in [0.15, 0.2) is 0 Å². The summed E-state index contributed by atoms with van der Waals surface area (Å²) >= 11 is 1.42. The molecule has 1 N–H and O–H groups in total. The van der Waals surface area contributed by atoms with Crippen molar-refractivity contribution in [2.75, 3.05) is 24.7 Å². The lowest BCUT2D eigenvalue weighted by molar-refractivity contribution is 0.0986. The number of rotatable bonds is 3. The third-order valence-electron chi connectivity index (χ3n) is 5.12. The zero-order valence-electron chi connectivity index (χ0n) is 16.8. The van der Waals surface area contributed by atoms with E-state index in [1.807, 2.05) is 31.5 Å². The second-order valence-corrected chi connectivity index (χ2v) is 8.14. The Labute approximate surface area is 171 Å². The fourth-order valence-corrected chi connectivity index (χ4v) is 4.57. The highest BCUT2D eigenvalue weighted by Gasteiger charge is 2.25. The largest absolute Gasteiger partial charge is 0.377 e. The van der Waals surface area contributed by atoms with Crippen molar-refractivity contribution < 1.29 is 4.74 Å². The highest BCUT2D eigenvalue weighted by Crippen LogP contribution is 2.36. The van der Waals surface area contributed by atoms with Gasteiger partial charge in [-0.15, -0.1) is 0 Å². The number of aromatic nitrogens is 7. The Bertz CT molecular complexity index is 1190. The summed E-state index contributed by atoms with van der Waals surface area (Å²) in [6, 6.07) is 4.32. The van der Waals surface area contributed by atoms with E-state index in [-0.39, 0.29) is 6.04 Å². The summed E-state index contributed by atoms with van der Waals surface area (Å²) in [5, 5.41) is 11.9. The second-order valence-electron chi connectivity index (χ2n) is 7.37. The number of anilines is 1. The lowest BCUT2D eigenvalue weighted by Crippen LogP contribution is -2.44. The molecular weight excluding hydrogens is 388 g/mol. The molecule has 150 valence electrons. The van der Waals surface area contributed by atoms with Gasteiger partial charge in [0.05, 0.1) is 36.3 Å². The Morgan fingerprint density at radius 1 is 1.21 bits per heavy atom. The van der Waals surface area contributed by atoms with E-state index < -0.39 is 0 Å². The second kappa shape index (κ2) is 6.89. The quantitative estimate of drug-likeness (QED) is 0.554. The molecule has 0 spiro atoms. The third kappa shape index (κ3) is 3.08. The molecule has 5 heterocycles. The van der Waals surface area contributed by atoms with Gasteiger partial charge < -0.3 is 9.64 Å². The fourth-order valence-electron chi connectivity index (χ4n) is 3.73. The Kier molecular flexibility index (Phi) is 4.32. The smallest absolute Gasteiger partial charge is 0.148 e. The highest BCUT2D eigenvalue weighted by atomic mass is 32.1. The third-order valence-corrected chi connectivity index (χ3v) is 5.98. The van der Waals surface area contributed by atoms with Crippen LogP contribution >= 0.6 is 11.5 Å². The van der Waals surface area contributed by atoms with Gasteiger partial charge in [-0.25, -0.2) is 14.6 Å². The molecule has 0 aliphatic carbocycles. The average molecular weight is 411 g/mol. The van der Waals surface area contributed by atoms with Crippen LogP contribution in [0.15, 0.2) is 12.1 Å². The van der Waals surface area contributed by atoms with Crippen LogP contribution in [0.4, 0.5) is 5.82 Å². The Hall–Kier alpha value is -2.85. The van der Waals surface area contributed by atoms with Gasteiger partial charge in [0, 0.05) is 12.6 Å². The van der Waals surface area contributed by atoms with Gasteiger partial charge in [-0.3, -0.25) is 5.10 Å². The molecule has 29 heavy (non-hydrogen) atoms. The first-order valence-corrected chi connectivity index (χ1v) is 10.4. The first kappa shape index (κ1) is 18.2. The fraction of sp³-hybridized carbons (Fsp3) is 0.421. The van der Waals surface area contributed by atoms with Gasteiger partial charge in [-0.05, 0) is 45.3 Å². The minimum absolute atomic E-state index is 0.240. The molecule has 5 rings (SSSR count). The monoisotopic (exact) mass is 410 g/mol. The normalized spacial score (nSPS) is 17.4. The number of aryl methyl sites for hydroxylation is 3. The molecule has 0 amide bonds.